The minimum atomic E-state index is -0.490. The summed E-state index contributed by atoms with van der Waals surface area (Å²) in [6.45, 7) is 2.30. The Morgan fingerprint density at radius 3 is 2.63 bits per heavy atom. The molecule has 27 heavy (non-hydrogen) atoms. The maximum absolute atomic E-state index is 12.0. The largest absolute Gasteiger partial charge is 0.489 e. The van der Waals surface area contributed by atoms with Crippen LogP contribution in [-0.2, 0) is 11.4 Å². The van der Waals surface area contributed by atoms with E-state index >= 15 is 0 Å². The molecule has 1 atom stereocenters. The maximum atomic E-state index is 12.0. The summed E-state index contributed by atoms with van der Waals surface area (Å²) < 4.78 is 7.49. The zero-order valence-corrected chi connectivity index (χ0v) is 14.8. The molecule has 2 aromatic carbocycles. The fourth-order valence-corrected chi connectivity index (χ4v) is 3.21. The first kappa shape index (κ1) is 16.8. The van der Waals surface area contributed by atoms with Crippen LogP contribution in [0.4, 0.5) is 5.95 Å². The van der Waals surface area contributed by atoms with Crippen molar-refractivity contribution >= 4 is 11.9 Å². The number of allylic oxidation sites excluding steroid dienone is 1. The number of primary amides is 1. The van der Waals surface area contributed by atoms with Gasteiger partial charge in [0.05, 0.1) is 5.57 Å². The number of rotatable bonds is 5. The molecule has 0 bridgehead atoms. The molecule has 0 saturated carbocycles. The first-order valence-corrected chi connectivity index (χ1v) is 8.57. The summed E-state index contributed by atoms with van der Waals surface area (Å²) in [7, 11) is 0. The fraction of sp³-hybridized carbons (Fsp3) is 0.150. The van der Waals surface area contributed by atoms with E-state index in [2.05, 4.69) is 15.4 Å². The monoisotopic (exact) mass is 361 g/mol. The third-order valence-electron chi connectivity index (χ3n) is 4.50. The fourth-order valence-electron chi connectivity index (χ4n) is 3.21. The third kappa shape index (κ3) is 3.27. The Hall–Kier alpha value is -3.61. The summed E-state index contributed by atoms with van der Waals surface area (Å²) >= 11 is 0. The first-order valence-electron chi connectivity index (χ1n) is 8.57. The maximum Gasteiger partial charge on any atom is 0.248 e. The van der Waals surface area contributed by atoms with Crippen molar-refractivity contribution in [3.05, 3.63) is 83.3 Å². The average Bonchev–Trinajstić information content (AvgIpc) is 3.14. The number of aromatic nitrogens is 3. The highest BCUT2D eigenvalue weighted by Crippen LogP contribution is 2.34. The van der Waals surface area contributed by atoms with Crippen LogP contribution in [0.15, 0.2) is 72.2 Å². The third-order valence-corrected chi connectivity index (χ3v) is 4.50. The van der Waals surface area contributed by atoms with E-state index in [0.717, 1.165) is 16.9 Å². The molecular weight excluding hydrogens is 342 g/mol. The predicted octanol–water partition coefficient (Wildman–Crippen LogP) is 2.63. The summed E-state index contributed by atoms with van der Waals surface area (Å²) in [4.78, 5) is 16.2. The molecule has 1 aliphatic rings. The molecule has 136 valence electrons. The lowest BCUT2D eigenvalue weighted by molar-refractivity contribution is -0.115. The first-order chi connectivity index (χ1) is 13.1. The van der Waals surface area contributed by atoms with Crippen LogP contribution in [0.3, 0.4) is 0 Å². The van der Waals surface area contributed by atoms with Crippen LogP contribution in [0.25, 0.3) is 0 Å². The standard InChI is InChI=1S/C20H19N5O2/c1-13-17(19(21)26)18(25-20(24-13)22-12-23-25)15-7-9-16(10-8-15)27-11-14-5-3-2-4-6-14/h2-10,12,18H,11H2,1H3,(H2,21,26)(H,22,23,24)/t18-/m1/s1. The van der Waals surface area contributed by atoms with Gasteiger partial charge in [-0.3, -0.25) is 4.79 Å². The highest BCUT2D eigenvalue weighted by Gasteiger charge is 2.32. The van der Waals surface area contributed by atoms with Crippen LogP contribution in [0.5, 0.6) is 5.75 Å². The number of amides is 1. The van der Waals surface area contributed by atoms with Gasteiger partial charge in [0, 0.05) is 5.70 Å². The summed E-state index contributed by atoms with van der Waals surface area (Å²) in [6.07, 6.45) is 1.45. The Labute approximate surface area is 156 Å². The van der Waals surface area contributed by atoms with Gasteiger partial charge in [0.15, 0.2) is 0 Å². The molecule has 2 heterocycles. The van der Waals surface area contributed by atoms with E-state index in [1.807, 2.05) is 61.5 Å². The lowest BCUT2D eigenvalue weighted by Gasteiger charge is -2.27. The molecule has 7 heteroatoms. The van der Waals surface area contributed by atoms with Gasteiger partial charge in [0.25, 0.3) is 0 Å². The SMILES string of the molecule is CC1=C(C(N)=O)[C@@H](c2ccc(OCc3ccccc3)cc2)n2ncnc2N1. The molecule has 0 spiro atoms. The Kier molecular flexibility index (Phi) is 4.33. The van der Waals surface area contributed by atoms with Crippen molar-refractivity contribution < 1.29 is 9.53 Å². The second kappa shape index (κ2) is 6.95. The van der Waals surface area contributed by atoms with E-state index < -0.39 is 11.9 Å². The topological polar surface area (TPSA) is 95.1 Å². The van der Waals surface area contributed by atoms with Crippen molar-refractivity contribution in [1.29, 1.82) is 0 Å². The van der Waals surface area contributed by atoms with E-state index in [1.165, 1.54) is 6.33 Å². The number of nitrogens with zero attached hydrogens (tertiary/aromatic N) is 3. The normalized spacial score (nSPS) is 15.8. The zero-order chi connectivity index (χ0) is 18.8. The second-order valence-electron chi connectivity index (χ2n) is 6.30. The van der Waals surface area contributed by atoms with Crippen molar-refractivity contribution in [2.75, 3.05) is 5.32 Å². The zero-order valence-electron chi connectivity index (χ0n) is 14.8. The van der Waals surface area contributed by atoms with Crippen molar-refractivity contribution in [3.63, 3.8) is 0 Å². The molecule has 0 fully saturated rings. The Balaban J connectivity index is 1.60. The summed E-state index contributed by atoms with van der Waals surface area (Å²) in [5, 5.41) is 7.31. The molecule has 1 aliphatic heterocycles. The van der Waals surface area contributed by atoms with Crippen LogP contribution in [0, 0.1) is 0 Å². The molecule has 4 rings (SSSR count). The van der Waals surface area contributed by atoms with E-state index in [9.17, 15) is 4.79 Å². The van der Waals surface area contributed by atoms with Crippen LogP contribution in [-0.4, -0.2) is 20.7 Å². The average molecular weight is 361 g/mol. The smallest absolute Gasteiger partial charge is 0.248 e. The van der Waals surface area contributed by atoms with E-state index in [1.54, 1.807) is 4.68 Å². The van der Waals surface area contributed by atoms with Crippen molar-refractivity contribution in [2.45, 2.75) is 19.6 Å². The number of fused-ring (bicyclic) bond motifs is 1. The number of nitrogens with one attached hydrogen (secondary N) is 1. The molecule has 7 nitrogen and oxygen atoms in total. The van der Waals surface area contributed by atoms with E-state index in [4.69, 9.17) is 10.5 Å². The summed E-state index contributed by atoms with van der Waals surface area (Å²) in [5.41, 5.74) is 8.75. The van der Waals surface area contributed by atoms with Crippen molar-refractivity contribution in [2.24, 2.45) is 5.73 Å². The quantitative estimate of drug-likeness (QED) is 0.728. The highest BCUT2D eigenvalue weighted by atomic mass is 16.5. The number of anilines is 1. The van der Waals surface area contributed by atoms with Gasteiger partial charge in [-0.1, -0.05) is 42.5 Å². The number of carbonyl (C=O) groups is 1. The summed E-state index contributed by atoms with van der Waals surface area (Å²) in [6, 6.07) is 17.1. The number of nitrogens with two attached hydrogens (primary N) is 1. The number of hydrogen-bond donors (Lipinski definition) is 2. The van der Waals surface area contributed by atoms with Crippen LogP contribution in [0.1, 0.15) is 24.1 Å². The van der Waals surface area contributed by atoms with Gasteiger partial charge >= 0.3 is 0 Å². The van der Waals surface area contributed by atoms with Crippen LogP contribution < -0.4 is 15.8 Å². The van der Waals surface area contributed by atoms with Gasteiger partial charge in [0.1, 0.15) is 24.7 Å². The molecule has 0 aliphatic carbocycles. The minimum absolute atomic E-state index is 0.426. The number of ether oxygens (including phenoxy) is 1. The lowest BCUT2D eigenvalue weighted by Crippen LogP contribution is -2.31. The van der Waals surface area contributed by atoms with Crippen molar-refractivity contribution in [1.82, 2.24) is 14.8 Å². The van der Waals surface area contributed by atoms with Gasteiger partial charge in [-0.2, -0.15) is 10.1 Å². The molecule has 1 aromatic heterocycles. The van der Waals surface area contributed by atoms with Gasteiger partial charge in [0.2, 0.25) is 11.9 Å². The Morgan fingerprint density at radius 2 is 1.93 bits per heavy atom. The van der Waals surface area contributed by atoms with Gasteiger partial charge < -0.3 is 15.8 Å². The number of carbonyl (C=O) groups excluding carboxylic acids is 1. The van der Waals surface area contributed by atoms with Crippen LogP contribution in [0.2, 0.25) is 0 Å². The van der Waals surface area contributed by atoms with E-state index in [0.29, 0.717) is 23.8 Å². The highest BCUT2D eigenvalue weighted by molar-refractivity contribution is 5.95. The van der Waals surface area contributed by atoms with Gasteiger partial charge in [-0.05, 0) is 30.2 Å². The molecule has 3 aromatic rings. The second-order valence-corrected chi connectivity index (χ2v) is 6.30. The molecule has 0 radical (unpaired) electrons. The molecule has 3 N–H and O–H groups in total. The number of benzene rings is 2. The predicted molar refractivity (Wildman–Crippen MR) is 101 cm³/mol. The molecule has 1 amide bonds. The Morgan fingerprint density at radius 1 is 1.19 bits per heavy atom. The van der Waals surface area contributed by atoms with Gasteiger partial charge in [-0.25, -0.2) is 4.68 Å². The molecule has 0 unspecified atom stereocenters. The lowest BCUT2D eigenvalue weighted by atomic mass is 9.95. The Bertz CT molecular complexity index is 993. The van der Waals surface area contributed by atoms with Crippen LogP contribution >= 0.6 is 0 Å². The van der Waals surface area contributed by atoms with Gasteiger partial charge in [-0.15, -0.1) is 0 Å². The van der Waals surface area contributed by atoms with Crippen molar-refractivity contribution in [3.8, 4) is 5.75 Å². The number of hydrogen-bond acceptors (Lipinski definition) is 5. The minimum Gasteiger partial charge on any atom is -0.489 e. The summed E-state index contributed by atoms with van der Waals surface area (Å²) in [5.74, 6) is 0.833. The molecular formula is C20H19N5O2. The molecule has 0 saturated heterocycles. The van der Waals surface area contributed by atoms with E-state index in [-0.39, 0.29) is 0 Å².